The van der Waals surface area contributed by atoms with Crippen molar-refractivity contribution in [3.8, 4) is 0 Å². The number of hydrogen-bond donors (Lipinski definition) is 1. The molecule has 1 rings (SSSR count). The van der Waals surface area contributed by atoms with Crippen LogP contribution in [-0.2, 0) is 4.79 Å². The van der Waals surface area contributed by atoms with Gasteiger partial charge >= 0.3 is 6.03 Å². The third-order valence-corrected chi connectivity index (χ3v) is 3.43. The fraction of sp³-hybridized carbons (Fsp3) is 0.750. The molecule has 0 aromatic heterocycles. The maximum Gasteiger partial charge on any atom is 0.331 e. The minimum atomic E-state index is -0.805. The summed E-state index contributed by atoms with van der Waals surface area (Å²) < 4.78 is 0. The van der Waals surface area contributed by atoms with Crippen molar-refractivity contribution in [2.24, 2.45) is 5.41 Å². The van der Waals surface area contributed by atoms with E-state index in [-0.39, 0.29) is 24.1 Å². The fourth-order valence-corrected chi connectivity index (χ4v) is 2.58. The quantitative estimate of drug-likeness (QED) is 0.857. The van der Waals surface area contributed by atoms with Gasteiger partial charge in [-0.25, -0.2) is 4.79 Å². The highest BCUT2D eigenvalue weighted by molar-refractivity contribution is 6.19. The lowest BCUT2D eigenvalue weighted by molar-refractivity contribution is -0.137. The molecule has 1 heterocycles. The molecule has 0 unspecified atom stereocenters. The predicted octanol–water partition coefficient (Wildman–Crippen LogP) is 2.50. The van der Waals surface area contributed by atoms with Gasteiger partial charge in [0.2, 0.25) is 5.91 Å². The third kappa shape index (κ3) is 2.36. The average Bonchev–Trinajstić information content (AvgIpc) is 2.32. The molecule has 0 atom stereocenters. The number of carbonyl (C=O) groups is 2. The van der Waals surface area contributed by atoms with Gasteiger partial charge in [-0.15, -0.1) is 12.4 Å². The Balaban J connectivity index is 0.00000289. The molecule has 1 aliphatic heterocycles. The van der Waals surface area contributed by atoms with Crippen molar-refractivity contribution < 1.29 is 9.59 Å². The predicted molar refractivity (Wildman–Crippen MR) is 73.2 cm³/mol. The van der Waals surface area contributed by atoms with Crippen LogP contribution in [-0.4, -0.2) is 41.7 Å². The van der Waals surface area contributed by atoms with Gasteiger partial charge in [-0.1, -0.05) is 26.7 Å². The lowest BCUT2D eigenvalue weighted by Crippen LogP contribution is -2.62. The van der Waals surface area contributed by atoms with Crippen LogP contribution in [0, 0.1) is 10.8 Å². The monoisotopic (exact) mass is 275 g/mol. The Morgan fingerprint density at radius 1 is 1.06 bits per heavy atom. The number of carbonyl (C=O) groups excluding carboxylic acids is 2. The molecule has 6 heteroatoms. The number of imide groups is 1. The molecule has 1 saturated heterocycles. The summed E-state index contributed by atoms with van der Waals surface area (Å²) in [5, 5.41) is 8.12. The summed E-state index contributed by atoms with van der Waals surface area (Å²) in [5.41, 5.74) is -0.805. The van der Waals surface area contributed by atoms with Gasteiger partial charge in [0.05, 0.1) is 0 Å². The molecule has 0 aromatic rings. The van der Waals surface area contributed by atoms with Crippen LogP contribution < -0.4 is 0 Å². The van der Waals surface area contributed by atoms with E-state index in [1.54, 1.807) is 7.05 Å². The number of nitrogens with zero attached hydrogens (tertiary/aromatic N) is 2. The van der Waals surface area contributed by atoms with Crippen molar-refractivity contribution in [2.75, 3.05) is 14.1 Å². The van der Waals surface area contributed by atoms with Crippen LogP contribution in [0.5, 0.6) is 0 Å². The van der Waals surface area contributed by atoms with Crippen LogP contribution in [0.25, 0.3) is 0 Å². The van der Waals surface area contributed by atoms with E-state index in [1.165, 1.54) is 11.9 Å². The molecule has 0 saturated carbocycles. The van der Waals surface area contributed by atoms with Crippen molar-refractivity contribution in [3.05, 3.63) is 0 Å². The van der Waals surface area contributed by atoms with E-state index in [4.69, 9.17) is 5.41 Å². The van der Waals surface area contributed by atoms with Gasteiger partial charge in [0.25, 0.3) is 0 Å². The van der Waals surface area contributed by atoms with Gasteiger partial charge in [0.15, 0.2) is 0 Å². The fourth-order valence-electron chi connectivity index (χ4n) is 2.58. The molecule has 1 fully saturated rings. The highest BCUT2D eigenvalue weighted by Gasteiger charge is 2.51. The third-order valence-electron chi connectivity index (χ3n) is 3.43. The molecule has 104 valence electrons. The Hall–Kier alpha value is -1.10. The Kier molecular flexibility index (Phi) is 5.80. The van der Waals surface area contributed by atoms with E-state index >= 15 is 0 Å². The van der Waals surface area contributed by atoms with E-state index in [9.17, 15) is 9.59 Å². The number of hydrogen-bond acceptors (Lipinski definition) is 3. The summed E-state index contributed by atoms with van der Waals surface area (Å²) in [5.74, 6) is -0.0800. The van der Waals surface area contributed by atoms with Gasteiger partial charge < -0.3 is 0 Å². The van der Waals surface area contributed by atoms with Crippen molar-refractivity contribution in [1.29, 1.82) is 5.41 Å². The Morgan fingerprint density at radius 3 is 1.89 bits per heavy atom. The second kappa shape index (κ2) is 6.18. The second-order valence-corrected chi connectivity index (χ2v) is 4.64. The van der Waals surface area contributed by atoms with Gasteiger partial charge in [-0.05, 0) is 12.8 Å². The zero-order valence-corrected chi connectivity index (χ0v) is 12.3. The van der Waals surface area contributed by atoms with E-state index < -0.39 is 11.4 Å². The van der Waals surface area contributed by atoms with Crippen LogP contribution in [0.15, 0.2) is 0 Å². The second-order valence-electron chi connectivity index (χ2n) is 4.64. The number of rotatable bonds is 4. The molecule has 0 aliphatic carbocycles. The van der Waals surface area contributed by atoms with Crippen LogP contribution >= 0.6 is 12.4 Å². The van der Waals surface area contributed by atoms with E-state index in [1.807, 2.05) is 13.8 Å². The van der Waals surface area contributed by atoms with Gasteiger partial charge in [-0.2, -0.15) is 0 Å². The lowest BCUT2D eigenvalue weighted by atomic mass is 9.75. The summed E-state index contributed by atoms with van der Waals surface area (Å²) in [6, 6.07) is -0.414. The van der Waals surface area contributed by atoms with Crippen molar-refractivity contribution in [3.63, 3.8) is 0 Å². The van der Waals surface area contributed by atoms with Crippen molar-refractivity contribution in [2.45, 2.75) is 39.5 Å². The Morgan fingerprint density at radius 2 is 1.50 bits per heavy atom. The largest absolute Gasteiger partial charge is 0.331 e. The maximum absolute atomic E-state index is 12.3. The molecule has 18 heavy (non-hydrogen) atoms. The summed E-state index contributed by atoms with van der Waals surface area (Å²) >= 11 is 0. The minimum absolute atomic E-state index is 0. The summed E-state index contributed by atoms with van der Waals surface area (Å²) in [6.45, 7) is 3.99. The topological polar surface area (TPSA) is 64.5 Å². The van der Waals surface area contributed by atoms with Crippen molar-refractivity contribution >= 4 is 30.2 Å². The first-order chi connectivity index (χ1) is 7.92. The summed E-state index contributed by atoms with van der Waals surface area (Å²) in [4.78, 5) is 26.5. The first-order valence-electron chi connectivity index (χ1n) is 6.07. The van der Waals surface area contributed by atoms with Gasteiger partial charge in [0.1, 0.15) is 11.3 Å². The molecule has 3 amide bonds. The molecule has 1 aliphatic rings. The standard InChI is InChI=1S/C12H21N3O2.ClH/c1-5-7-12(8-6-2)9(13)14(3)11(17)15(4)10(12)16;/h13H,5-8H2,1-4H3;1H. The molecular weight excluding hydrogens is 254 g/mol. The zero-order chi connectivity index (χ0) is 13.2. The molecule has 5 nitrogen and oxygen atoms in total. The van der Waals surface area contributed by atoms with E-state index in [0.29, 0.717) is 12.8 Å². The van der Waals surface area contributed by atoms with E-state index in [0.717, 1.165) is 17.7 Å². The molecule has 0 bridgehead atoms. The SMILES string of the molecule is CCCC1(CCC)C(=N)N(C)C(=O)N(C)C1=O.Cl. The van der Waals surface area contributed by atoms with Gasteiger partial charge in [-0.3, -0.25) is 20.0 Å². The van der Waals surface area contributed by atoms with Crippen LogP contribution in [0.4, 0.5) is 4.79 Å². The number of amides is 3. The zero-order valence-electron chi connectivity index (χ0n) is 11.4. The number of halogens is 1. The maximum atomic E-state index is 12.3. The number of nitrogens with one attached hydrogen (secondary N) is 1. The molecule has 1 N–H and O–H groups in total. The van der Waals surface area contributed by atoms with Crippen LogP contribution in [0.2, 0.25) is 0 Å². The molecule has 0 aromatic carbocycles. The Bertz CT molecular complexity index is 325. The Labute approximate surface area is 114 Å². The molecule has 0 spiro atoms. The molecular formula is C12H22ClN3O2. The summed E-state index contributed by atoms with van der Waals surface area (Å²) in [7, 11) is 3.06. The van der Waals surface area contributed by atoms with Crippen LogP contribution in [0.3, 0.4) is 0 Å². The lowest BCUT2D eigenvalue weighted by Gasteiger charge is -2.43. The smallest absolute Gasteiger partial charge is 0.287 e. The number of urea groups is 1. The highest BCUT2D eigenvalue weighted by atomic mass is 35.5. The first kappa shape index (κ1) is 16.9. The van der Waals surface area contributed by atoms with E-state index in [2.05, 4.69) is 0 Å². The van der Waals surface area contributed by atoms with Gasteiger partial charge in [0, 0.05) is 14.1 Å². The minimum Gasteiger partial charge on any atom is -0.287 e. The molecule has 0 radical (unpaired) electrons. The summed E-state index contributed by atoms with van der Waals surface area (Å²) in [6.07, 6.45) is 2.90. The van der Waals surface area contributed by atoms with Crippen LogP contribution in [0.1, 0.15) is 39.5 Å². The number of amidine groups is 1. The average molecular weight is 276 g/mol. The van der Waals surface area contributed by atoms with Crippen molar-refractivity contribution in [1.82, 2.24) is 9.80 Å². The normalized spacial score (nSPS) is 19.0. The highest BCUT2D eigenvalue weighted by Crippen LogP contribution is 2.37. The first-order valence-corrected chi connectivity index (χ1v) is 6.07.